The molecular formula is C35H33N5O2. The number of aryl methyl sites for hydroxylation is 2. The van der Waals surface area contributed by atoms with Gasteiger partial charge < -0.3 is 14.5 Å². The molecule has 2 amide bonds. The Labute approximate surface area is 243 Å². The minimum atomic E-state index is -0.179. The normalized spacial score (nSPS) is 16.5. The summed E-state index contributed by atoms with van der Waals surface area (Å²) in [4.78, 5) is 38.4. The maximum Gasteiger partial charge on any atom is 0.262 e. The van der Waals surface area contributed by atoms with E-state index in [0.717, 1.165) is 82.8 Å². The van der Waals surface area contributed by atoms with E-state index in [0.29, 0.717) is 24.2 Å². The number of carbonyl (C=O) groups excluding carboxylic acids is 2. The predicted octanol–water partition coefficient (Wildman–Crippen LogP) is 5.52. The van der Waals surface area contributed by atoms with E-state index in [4.69, 9.17) is 0 Å². The first-order chi connectivity index (χ1) is 20.6. The standard InChI is InChI=1S/C35H33N5O2/c1-37-17-19-38(20-18-37)21-22-40-34(41)30-28-24-11-5-7-13-26(24)36-32(28)33-29(31(30)35(40)42)25-12-6-8-14-27(25)39(33)16-15-23-9-3-2-4-10-23/h2-14,36H,15-22H2,1H3. The maximum absolute atomic E-state index is 14.3. The number of piperazine rings is 1. The smallest absolute Gasteiger partial charge is 0.262 e. The minimum absolute atomic E-state index is 0.174. The molecule has 2 aliphatic rings. The molecule has 0 atom stereocenters. The molecule has 2 aromatic heterocycles. The number of H-pyrrole nitrogens is 1. The molecule has 2 aliphatic heterocycles. The number of amides is 2. The average molecular weight is 556 g/mol. The topological polar surface area (TPSA) is 64.6 Å². The number of likely N-dealkylation sites (N-methyl/N-ethyl adjacent to an activating group) is 1. The first-order valence-corrected chi connectivity index (χ1v) is 14.9. The number of aromatic nitrogens is 2. The lowest BCUT2D eigenvalue weighted by molar-refractivity contribution is 0.0622. The summed E-state index contributed by atoms with van der Waals surface area (Å²) in [6.45, 7) is 5.75. The van der Waals surface area contributed by atoms with Crippen molar-refractivity contribution in [1.82, 2.24) is 24.3 Å². The number of imide groups is 1. The van der Waals surface area contributed by atoms with Crippen molar-refractivity contribution in [3.8, 4) is 0 Å². The van der Waals surface area contributed by atoms with Gasteiger partial charge in [0.2, 0.25) is 0 Å². The molecular weight excluding hydrogens is 522 g/mol. The second-order valence-corrected chi connectivity index (χ2v) is 11.7. The van der Waals surface area contributed by atoms with Crippen molar-refractivity contribution in [3.63, 3.8) is 0 Å². The van der Waals surface area contributed by atoms with E-state index in [2.05, 4.69) is 81.0 Å². The summed E-state index contributed by atoms with van der Waals surface area (Å²) in [5.41, 5.74) is 6.34. The lowest BCUT2D eigenvalue weighted by atomic mass is 9.97. The van der Waals surface area contributed by atoms with Gasteiger partial charge in [-0.05, 0) is 31.2 Å². The summed E-state index contributed by atoms with van der Waals surface area (Å²) >= 11 is 0. The Morgan fingerprint density at radius 2 is 1.36 bits per heavy atom. The highest BCUT2D eigenvalue weighted by Crippen LogP contribution is 2.45. The van der Waals surface area contributed by atoms with Crippen molar-refractivity contribution in [2.24, 2.45) is 0 Å². The van der Waals surface area contributed by atoms with E-state index in [9.17, 15) is 9.59 Å². The van der Waals surface area contributed by atoms with Gasteiger partial charge in [-0.2, -0.15) is 0 Å². The number of fused-ring (bicyclic) bond motifs is 10. The third-order valence-electron chi connectivity index (χ3n) is 9.28. The van der Waals surface area contributed by atoms with Crippen LogP contribution < -0.4 is 0 Å². The van der Waals surface area contributed by atoms with E-state index in [1.807, 2.05) is 24.3 Å². The van der Waals surface area contributed by atoms with Crippen LogP contribution in [0.25, 0.3) is 43.6 Å². The van der Waals surface area contributed by atoms with E-state index >= 15 is 0 Å². The van der Waals surface area contributed by atoms with Gasteiger partial charge in [0, 0.05) is 78.4 Å². The monoisotopic (exact) mass is 555 g/mol. The molecule has 1 N–H and O–H groups in total. The average Bonchev–Trinajstić information content (AvgIpc) is 3.64. The lowest BCUT2D eigenvalue weighted by Gasteiger charge is -2.33. The molecule has 1 fully saturated rings. The van der Waals surface area contributed by atoms with Crippen molar-refractivity contribution in [3.05, 3.63) is 95.6 Å². The Bertz CT molecular complexity index is 2010. The minimum Gasteiger partial charge on any atom is -0.353 e. The van der Waals surface area contributed by atoms with Crippen molar-refractivity contribution in [2.75, 3.05) is 46.3 Å². The fourth-order valence-electron chi connectivity index (χ4n) is 7.07. The van der Waals surface area contributed by atoms with E-state index in [-0.39, 0.29) is 11.8 Å². The third-order valence-corrected chi connectivity index (χ3v) is 9.28. The first kappa shape index (κ1) is 25.3. The van der Waals surface area contributed by atoms with Gasteiger partial charge in [0.05, 0.1) is 22.2 Å². The molecule has 0 bridgehead atoms. The van der Waals surface area contributed by atoms with E-state index < -0.39 is 0 Å². The Balaban J connectivity index is 1.34. The zero-order chi connectivity index (χ0) is 28.4. The predicted molar refractivity (Wildman–Crippen MR) is 168 cm³/mol. The first-order valence-electron chi connectivity index (χ1n) is 14.9. The molecule has 210 valence electrons. The maximum atomic E-state index is 14.3. The second-order valence-electron chi connectivity index (χ2n) is 11.7. The van der Waals surface area contributed by atoms with Gasteiger partial charge in [-0.3, -0.25) is 19.4 Å². The van der Waals surface area contributed by atoms with Crippen molar-refractivity contribution in [1.29, 1.82) is 0 Å². The Morgan fingerprint density at radius 3 is 2.14 bits per heavy atom. The van der Waals surface area contributed by atoms with Crippen LogP contribution in [-0.4, -0.2) is 82.4 Å². The van der Waals surface area contributed by atoms with Gasteiger partial charge in [-0.25, -0.2) is 0 Å². The molecule has 0 aliphatic carbocycles. The molecule has 0 radical (unpaired) electrons. The third kappa shape index (κ3) is 3.81. The molecule has 0 unspecified atom stereocenters. The van der Waals surface area contributed by atoms with Crippen molar-refractivity contribution >= 4 is 55.4 Å². The number of para-hydroxylation sites is 2. The summed E-state index contributed by atoms with van der Waals surface area (Å²) in [5.74, 6) is -0.353. The number of nitrogens with one attached hydrogen (secondary N) is 1. The number of carbonyl (C=O) groups is 2. The molecule has 4 aromatic carbocycles. The zero-order valence-corrected chi connectivity index (χ0v) is 23.8. The molecule has 4 heterocycles. The summed E-state index contributed by atoms with van der Waals surface area (Å²) in [6, 6.07) is 26.9. The van der Waals surface area contributed by atoms with Crippen LogP contribution in [-0.2, 0) is 13.0 Å². The number of rotatable bonds is 6. The highest BCUT2D eigenvalue weighted by Gasteiger charge is 2.41. The van der Waals surface area contributed by atoms with Gasteiger partial charge in [-0.15, -0.1) is 0 Å². The van der Waals surface area contributed by atoms with Crippen LogP contribution in [0.5, 0.6) is 0 Å². The highest BCUT2D eigenvalue weighted by molar-refractivity contribution is 6.39. The van der Waals surface area contributed by atoms with Gasteiger partial charge in [0.1, 0.15) is 0 Å². The van der Waals surface area contributed by atoms with Crippen LogP contribution >= 0.6 is 0 Å². The molecule has 8 rings (SSSR count). The zero-order valence-electron chi connectivity index (χ0n) is 23.8. The molecule has 0 spiro atoms. The number of aromatic amines is 1. The fourth-order valence-corrected chi connectivity index (χ4v) is 7.07. The summed E-state index contributed by atoms with van der Waals surface area (Å²) in [5, 5.41) is 3.73. The van der Waals surface area contributed by atoms with Crippen molar-refractivity contribution in [2.45, 2.75) is 13.0 Å². The lowest BCUT2D eigenvalue weighted by Crippen LogP contribution is -2.47. The largest absolute Gasteiger partial charge is 0.353 e. The van der Waals surface area contributed by atoms with Crippen LogP contribution in [0.3, 0.4) is 0 Å². The molecule has 42 heavy (non-hydrogen) atoms. The Morgan fingerprint density at radius 1 is 0.690 bits per heavy atom. The Kier molecular flexibility index (Phi) is 5.91. The molecule has 7 nitrogen and oxygen atoms in total. The van der Waals surface area contributed by atoms with E-state index in [1.165, 1.54) is 10.5 Å². The van der Waals surface area contributed by atoms with Crippen LogP contribution in [0.4, 0.5) is 0 Å². The molecule has 6 aromatic rings. The number of benzene rings is 4. The molecule has 0 saturated carbocycles. The van der Waals surface area contributed by atoms with Gasteiger partial charge >= 0.3 is 0 Å². The summed E-state index contributed by atoms with van der Waals surface area (Å²) in [6.07, 6.45) is 0.859. The van der Waals surface area contributed by atoms with Crippen LogP contribution in [0.15, 0.2) is 78.9 Å². The van der Waals surface area contributed by atoms with Gasteiger partial charge in [0.15, 0.2) is 0 Å². The molecule has 7 heteroatoms. The van der Waals surface area contributed by atoms with Crippen LogP contribution in [0.2, 0.25) is 0 Å². The Hall–Kier alpha value is -4.46. The fraction of sp³-hybridized carbons (Fsp3) is 0.257. The number of nitrogens with zero attached hydrogens (tertiary/aromatic N) is 4. The van der Waals surface area contributed by atoms with Crippen LogP contribution in [0, 0.1) is 0 Å². The van der Waals surface area contributed by atoms with E-state index in [1.54, 1.807) is 0 Å². The highest BCUT2D eigenvalue weighted by atomic mass is 16.2. The molecule has 1 saturated heterocycles. The summed E-state index contributed by atoms with van der Waals surface area (Å²) < 4.78 is 2.35. The van der Waals surface area contributed by atoms with Crippen LogP contribution in [0.1, 0.15) is 26.3 Å². The summed E-state index contributed by atoms with van der Waals surface area (Å²) in [7, 11) is 2.13. The van der Waals surface area contributed by atoms with Gasteiger partial charge in [-0.1, -0.05) is 66.7 Å². The quantitative estimate of drug-likeness (QED) is 0.275. The van der Waals surface area contributed by atoms with Gasteiger partial charge in [0.25, 0.3) is 11.8 Å². The second kappa shape index (κ2) is 9.82. The SMILES string of the molecule is CN1CCN(CCN2C(=O)c3c(c4c5ccccc5n(CCc5ccccc5)c4c4[nH]c5ccccc5c34)C2=O)CC1. The number of hydrogen-bond donors (Lipinski definition) is 1. The van der Waals surface area contributed by atoms with Crippen molar-refractivity contribution < 1.29 is 9.59 Å². The number of hydrogen-bond acceptors (Lipinski definition) is 4.